The summed E-state index contributed by atoms with van der Waals surface area (Å²) in [5.74, 6) is -11.6. The minimum absolute atomic E-state index is 0.00364. The molecule has 3 rings (SSSR count). The van der Waals surface area contributed by atoms with E-state index in [0.717, 1.165) is 0 Å². The Morgan fingerprint density at radius 2 is 1.42 bits per heavy atom. The second-order valence-electron chi connectivity index (χ2n) is 18.3. The minimum atomic E-state index is -1.90. The van der Waals surface area contributed by atoms with Crippen LogP contribution in [0.4, 0.5) is 0 Å². The highest BCUT2D eigenvalue weighted by atomic mass is 16.4. The molecule has 0 spiro atoms. The minimum Gasteiger partial charge on any atom is -0.481 e. The molecule has 2 fully saturated rings. The lowest BCUT2D eigenvalue weighted by Crippen LogP contribution is -2.60. The quantitative estimate of drug-likeness (QED) is 0.0308. The van der Waals surface area contributed by atoms with Crippen molar-refractivity contribution in [1.29, 1.82) is 0 Å². The standard InChI is InChI=1S/C44H70N14O15/c1-22(2)13-29(40(68)52-23(3)37(65)50-20-35(62)58-12-6-8-32(58)43(71)54-27(44(72)73)7-4-5-11-45)55-41(69)30(14-24-17-47-21-51-24)56-42(70)31(16-36(63)64)57-39(67)26(9-10-33(46)60)53-34(61)19-49-38(66)28-15-25(59)18-48-28/h17,21-23,25-32,48,59H,4-16,18-20,45H2,1-3H3,(H2,46,60)(H,47,51)(H,49,66)(H,50,65)(H,52,68)(H,53,61)(H,54,71)(H,55,69)(H,56,70)(H,57,67)(H,63,64)(H,72,73)/t23-,25+,26-,27-,28-,29-,30-,31-,32-/m0/s1. The van der Waals surface area contributed by atoms with E-state index in [2.05, 4.69) is 57.8 Å². The second kappa shape index (κ2) is 29.9. The Labute approximate surface area is 420 Å². The average molecular weight is 1040 g/mol. The molecule has 0 unspecified atom stereocenters. The Hall–Kier alpha value is -7.27. The normalized spacial score (nSPS) is 18.7. The number of aliphatic carboxylic acids is 2. The first kappa shape index (κ1) is 60.0. The number of aliphatic hydroxyl groups excluding tert-OH is 1. The maximum atomic E-state index is 14.0. The molecule has 3 heterocycles. The highest BCUT2D eigenvalue weighted by molar-refractivity contribution is 5.98. The van der Waals surface area contributed by atoms with Gasteiger partial charge in [0.05, 0.1) is 38.0 Å². The van der Waals surface area contributed by atoms with Gasteiger partial charge in [0, 0.05) is 37.8 Å². The lowest BCUT2D eigenvalue weighted by atomic mass is 10.0. The zero-order chi connectivity index (χ0) is 54.4. The van der Waals surface area contributed by atoms with E-state index in [9.17, 15) is 72.9 Å². The van der Waals surface area contributed by atoms with Crippen LogP contribution >= 0.6 is 0 Å². The van der Waals surface area contributed by atoms with Crippen molar-refractivity contribution in [3.05, 3.63) is 18.2 Å². The summed E-state index contributed by atoms with van der Waals surface area (Å²) in [7, 11) is 0. The third-order valence-electron chi connectivity index (χ3n) is 11.7. The topological polar surface area (TPSA) is 458 Å². The molecule has 29 nitrogen and oxygen atoms in total. The van der Waals surface area contributed by atoms with E-state index in [0.29, 0.717) is 31.5 Å². The van der Waals surface area contributed by atoms with Crippen LogP contribution in [0, 0.1) is 5.92 Å². The molecule has 29 heteroatoms. The van der Waals surface area contributed by atoms with Crippen molar-refractivity contribution < 1.29 is 72.9 Å². The Kier molecular flexibility index (Phi) is 24.6. The number of aromatic nitrogens is 2. The van der Waals surface area contributed by atoms with Crippen LogP contribution < -0.4 is 59.3 Å². The number of unbranched alkanes of at least 4 members (excludes halogenated alkanes) is 1. The number of aliphatic hydroxyl groups is 1. The predicted molar refractivity (Wildman–Crippen MR) is 253 cm³/mol. The van der Waals surface area contributed by atoms with Gasteiger partial charge in [-0.3, -0.25) is 52.7 Å². The number of nitrogens with zero attached hydrogens (tertiary/aromatic N) is 2. The van der Waals surface area contributed by atoms with Crippen LogP contribution in [0.3, 0.4) is 0 Å². The molecule has 2 aliphatic heterocycles. The first-order valence-corrected chi connectivity index (χ1v) is 24.0. The number of carbonyl (C=O) groups is 12. The number of imidazole rings is 1. The summed E-state index contributed by atoms with van der Waals surface area (Å²) >= 11 is 0. The van der Waals surface area contributed by atoms with Crippen LogP contribution in [0.2, 0.25) is 0 Å². The molecular weight excluding hydrogens is 965 g/mol. The molecule has 1 aromatic heterocycles. The van der Waals surface area contributed by atoms with Crippen LogP contribution in [-0.2, 0) is 64.0 Å². The van der Waals surface area contributed by atoms with Crippen molar-refractivity contribution in [2.45, 2.75) is 146 Å². The molecule has 0 bridgehead atoms. The number of carboxylic acid groups (broad SMARTS) is 2. The molecular formula is C44H70N14O15. The third-order valence-corrected chi connectivity index (χ3v) is 11.7. The molecule has 1 aromatic rings. The maximum absolute atomic E-state index is 14.0. The molecule has 2 aliphatic rings. The molecule has 0 radical (unpaired) electrons. The Balaban J connectivity index is 1.69. The number of carboxylic acids is 2. The number of primary amides is 1. The number of nitrogens with two attached hydrogens (primary N) is 2. The van der Waals surface area contributed by atoms with Crippen LogP contribution in [-0.4, -0.2) is 188 Å². The van der Waals surface area contributed by atoms with E-state index in [1.807, 2.05) is 0 Å². The molecule has 406 valence electrons. The van der Waals surface area contributed by atoms with Crippen molar-refractivity contribution >= 4 is 71.0 Å². The van der Waals surface area contributed by atoms with Crippen molar-refractivity contribution in [1.82, 2.24) is 62.7 Å². The summed E-state index contributed by atoms with van der Waals surface area (Å²) in [6.45, 7) is 4.27. The largest absolute Gasteiger partial charge is 0.481 e. The number of carbonyl (C=O) groups excluding carboxylic acids is 10. The first-order valence-electron chi connectivity index (χ1n) is 24.0. The highest BCUT2D eigenvalue weighted by Crippen LogP contribution is 2.18. The fraction of sp³-hybridized carbons (Fsp3) is 0.659. The zero-order valence-electron chi connectivity index (χ0n) is 41.0. The van der Waals surface area contributed by atoms with Gasteiger partial charge >= 0.3 is 11.9 Å². The summed E-state index contributed by atoms with van der Waals surface area (Å²) in [6, 6.07) is -10.6. The van der Waals surface area contributed by atoms with Gasteiger partial charge in [-0.25, -0.2) is 9.78 Å². The summed E-state index contributed by atoms with van der Waals surface area (Å²) in [6.07, 6.45) is 1.63. The number of aromatic amines is 1. The first-order chi connectivity index (χ1) is 34.5. The SMILES string of the molecule is CC(C)C[C@H](NC(=O)[C@H](Cc1cnc[nH]1)NC(=O)[C@H](CC(=O)O)NC(=O)[C@H](CCC(N)=O)NC(=O)CNC(=O)[C@@H]1C[C@@H](O)CN1)C(=O)N[C@@H](C)C(=O)NCC(=O)N1CCC[C@H]1C(=O)N[C@@H](CCCCN)C(=O)O. The number of β-amino-alcohol motifs (C(OH)–C–C–N with tert-alkyl or cyclic N) is 1. The number of likely N-dealkylation sites (tertiary alicyclic amines) is 1. The number of amides is 10. The average Bonchev–Trinajstić information content (AvgIpc) is 4.13. The Morgan fingerprint density at radius 3 is 2.03 bits per heavy atom. The summed E-state index contributed by atoms with van der Waals surface area (Å²) in [5.41, 5.74) is 11.1. The monoisotopic (exact) mass is 1030 g/mol. The Bertz CT molecular complexity index is 2130. The van der Waals surface area contributed by atoms with Crippen LogP contribution in [0.15, 0.2) is 12.5 Å². The predicted octanol–water partition coefficient (Wildman–Crippen LogP) is -6.17. The van der Waals surface area contributed by atoms with Gasteiger partial charge in [-0.2, -0.15) is 0 Å². The van der Waals surface area contributed by atoms with Gasteiger partial charge in [-0.1, -0.05) is 13.8 Å². The molecule has 0 saturated carbocycles. The van der Waals surface area contributed by atoms with E-state index < -0.39 is 158 Å². The third kappa shape index (κ3) is 20.8. The molecule has 10 amide bonds. The fourth-order valence-electron chi connectivity index (χ4n) is 7.89. The van der Waals surface area contributed by atoms with Crippen LogP contribution in [0.25, 0.3) is 0 Å². The summed E-state index contributed by atoms with van der Waals surface area (Å²) in [4.78, 5) is 163. The molecule has 9 atom stereocenters. The smallest absolute Gasteiger partial charge is 0.326 e. The van der Waals surface area contributed by atoms with E-state index in [1.54, 1.807) is 13.8 Å². The van der Waals surface area contributed by atoms with Crippen molar-refractivity contribution in [2.24, 2.45) is 17.4 Å². The molecule has 0 aliphatic carbocycles. The van der Waals surface area contributed by atoms with Gasteiger partial charge < -0.3 is 84.5 Å². The van der Waals surface area contributed by atoms with E-state index in [1.165, 1.54) is 24.3 Å². The van der Waals surface area contributed by atoms with Gasteiger partial charge in [0.25, 0.3) is 0 Å². The lowest BCUT2D eigenvalue weighted by molar-refractivity contribution is -0.144. The van der Waals surface area contributed by atoms with Gasteiger partial charge in [0.2, 0.25) is 59.1 Å². The lowest BCUT2D eigenvalue weighted by Gasteiger charge is -2.27. The van der Waals surface area contributed by atoms with Gasteiger partial charge in [-0.05, 0) is 70.8 Å². The highest BCUT2D eigenvalue weighted by Gasteiger charge is 2.37. The van der Waals surface area contributed by atoms with Crippen molar-refractivity contribution in [3.63, 3.8) is 0 Å². The molecule has 73 heavy (non-hydrogen) atoms. The summed E-state index contributed by atoms with van der Waals surface area (Å²) < 4.78 is 0. The van der Waals surface area contributed by atoms with Gasteiger partial charge in [0.1, 0.15) is 42.3 Å². The number of nitrogens with one attached hydrogen (secondary N) is 10. The van der Waals surface area contributed by atoms with Crippen LogP contribution in [0.5, 0.6) is 0 Å². The summed E-state index contributed by atoms with van der Waals surface area (Å²) in [5, 5.41) is 51.0. The van der Waals surface area contributed by atoms with Crippen molar-refractivity contribution in [3.8, 4) is 0 Å². The number of rotatable bonds is 31. The van der Waals surface area contributed by atoms with Crippen molar-refractivity contribution in [2.75, 3.05) is 32.7 Å². The zero-order valence-corrected chi connectivity index (χ0v) is 41.0. The fourth-order valence-corrected chi connectivity index (χ4v) is 7.89. The molecule has 0 aromatic carbocycles. The van der Waals surface area contributed by atoms with E-state index in [4.69, 9.17) is 11.5 Å². The van der Waals surface area contributed by atoms with Gasteiger partial charge in [0.15, 0.2) is 0 Å². The van der Waals surface area contributed by atoms with Gasteiger partial charge in [-0.15, -0.1) is 0 Å². The number of H-pyrrole nitrogens is 1. The Morgan fingerprint density at radius 1 is 0.767 bits per heavy atom. The van der Waals surface area contributed by atoms with E-state index >= 15 is 0 Å². The molecule has 2 saturated heterocycles. The molecule has 17 N–H and O–H groups in total. The second-order valence-corrected chi connectivity index (χ2v) is 18.3. The number of hydrogen-bond acceptors (Lipinski definition) is 16. The maximum Gasteiger partial charge on any atom is 0.326 e. The number of hydrogen-bond donors (Lipinski definition) is 15. The van der Waals surface area contributed by atoms with E-state index in [-0.39, 0.29) is 51.1 Å². The van der Waals surface area contributed by atoms with Crippen LogP contribution in [0.1, 0.15) is 90.7 Å².